The van der Waals surface area contributed by atoms with Crippen LogP contribution in [0.1, 0.15) is 31.7 Å². The Kier molecular flexibility index (Phi) is 2.54. The largest absolute Gasteiger partial charge is 0.377 e. The van der Waals surface area contributed by atoms with Crippen LogP contribution in [0.5, 0.6) is 0 Å². The highest BCUT2D eigenvalue weighted by atomic mass is 32.1. The van der Waals surface area contributed by atoms with Crippen LogP contribution in [-0.2, 0) is 4.74 Å². The third-order valence-electron chi connectivity index (χ3n) is 6.10. The van der Waals surface area contributed by atoms with Crippen LogP contribution < -0.4 is 5.56 Å². The molecule has 5 rings (SSSR count). The number of nitrogens with one attached hydrogen (secondary N) is 1. The summed E-state index contributed by atoms with van der Waals surface area (Å²) in [7, 11) is 0. The van der Waals surface area contributed by atoms with Gasteiger partial charge in [0.25, 0.3) is 5.56 Å². The van der Waals surface area contributed by atoms with Gasteiger partial charge in [0, 0.05) is 17.9 Å². The average molecular weight is 314 g/mol. The maximum atomic E-state index is 13.0. The van der Waals surface area contributed by atoms with Crippen molar-refractivity contribution in [1.29, 1.82) is 0 Å². The summed E-state index contributed by atoms with van der Waals surface area (Å²) in [5, 5.41) is 0.730. The lowest BCUT2D eigenvalue weighted by Crippen LogP contribution is -2.64. The number of H-pyrrole nitrogens is 1. The lowest BCUT2D eigenvalue weighted by Gasteiger charge is -2.63. The molecule has 2 aliphatic carbocycles. The van der Waals surface area contributed by atoms with Crippen molar-refractivity contribution < 1.29 is 4.74 Å². The van der Waals surface area contributed by atoms with Crippen molar-refractivity contribution in [3.05, 3.63) is 39.4 Å². The molecule has 4 nitrogen and oxygen atoms in total. The quantitative estimate of drug-likeness (QED) is 0.822. The fraction of sp³-hybridized carbons (Fsp3) is 0.529. The van der Waals surface area contributed by atoms with E-state index in [4.69, 9.17) is 17.0 Å². The van der Waals surface area contributed by atoms with Gasteiger partial charge in [-0.05, 0) is 43.6 Å². The summed E-state index contributed by atoms with van der Waals surface area (Å²) in [5.41, 5.74) is 1.05. The van der Waals surface area contributed by atoms with E-state index in [-0.39, 0.29) is 17.0 Å². The monoisotopic (exact) mass is 314 g/mol. The smallest absolute Gasteiger partial charge is 0.262 e. The minimum Gasteiger partial charge on any atom is -0.377 e. The van der Waals surface area contributed by atoms with Crippen LogP contribution in [0.15, 0.2) is 29.1 Å². The standard InChI is InChI=1S/C17H18N2O2S/c20-15-10-4-1-2-5-12(10)18-16(22)19(15)13-11-6-9-21-14(11)17(13)7-3-8-17/h1-2,4-5,11,13-14H,3,6-9H2,(H,18,22)/t11-,13-,14-/m1/s1. The molecule has 1 aromatic heterocycles. The van der Waals surface area contributed by atoms with E-state index in [0.29, 0.717) is 16.8 Å². The molecule has 3 fully saturated rings. The Morgan fingerprint density at radius 1 is 1.32 bits per heavy atom. The Bertz CT molecular complexity index is 880. The molecule has 0 radical (unpaired) electrons. The van der Waals surface area contributed by atoms with Gasteiger partial charge in [0.15, 0.2) is 4.77 Å². The number of aromatic nitrogens is 2. The molecule has 0 amide bonds. The normalized spacial score (nSPS) is 31.7. The van der Waals surface area contributed by atoms with Crippen molar-refractivity contribution in [2.24, 2.45) is 11.3 Å². The first-order valence-corrected chi connectivity index (χ1v) is 8.48. The molecule has 114 valence electrons. The number of ether oxygens (including phenoxy) is 1. The zero-order valence-corrected chi connectivity index (χ0v) is 13.1. The zero-order valence-electron chi connectivity index (χ0n) is 12.2. The van der Waals surface area contributed by atoms with Gasteiger partial charge in [-0.25, -0.2) is 0 Å². The molecule has 3 aliphatic rings. The summed E-state index contributed by atoms with van der Waals surface area (Å²) in [4.78, 5) is 16.3. The Labute approximate surface area is 133 Å². The first kappa shape index (κ1) is 13.0. The van der Waals surface area contributed by atoms with Crippen molar-refractivity contribution in [2.45, 2.75) is 37.8 Å². The predicted octanol–water partition coefficient (Wildman–Crippen LogP) is 3.19. The fourth-order valence-electron chi connectivity index (χ4n) is 5.04. The van der Waals surface area contributed by atoms with E-state index in [1.54, 1.807) is 0 Å². The maximum Gasteiger partial charge on any atom is 0.262 e. The van der Waals surface area contributed by atoms with E-state index < -0.39 is 0 Å². The van der Waals surface area contributed by atoms with Gasteiger partial charge in [-0.3, -0.25) is 9.36 Å². The minimum atomic E-state index is 0.0565. The van der Waals surface area contributed by atoms with E-state index in [1.165, 1.54) is 6.42 Å². The summed E-state index contributed by atoms with van der Waals surface area (Å²) in [6.07, 6.45) is 4.95. The van der Waals surface area contributed by atoms with Crippen molar-refractivity contribution in [2.75, 3.05) is 6.61 Å². The van der Waals surface area contributed by atoms with Gasteiger partial charge in [-0.1, -0.05) is 18.6 Å². The highest BCUT2D eigenvalue weighted by molar-refractivity contribution is 7.71. The second kappa shape index (κ2) is 4.30. The number of benzene rings is 1. The highest BCUT2D eigenvalue weighted by Crippen LogP contribution is 2.68. The van der Waals surface area contributed by atoms with Gasteiger partial charge in [0.2, 0.25) is 0 Å². The first-order valence-electron chi connectivity index (χ1n) is 8.07. The lowest BCUT2D eigenvalue weighted by atomic mass is 9.46. The summed E-state index contributed by atoms with van der Waals surface area (Å²) >= 11 is 5.54. The average Bonchev–Trinajstić information content (AvgIpc) is 2.86. The second-order valence-corrected chi connectivity index (χ2v) is 7.31. The molecule has 0 bridgehead atoms. The van der Waals surface area contributed by atoms with E-state index >= 15 is 0 Å². The molecule has 3 atom stereocenters. The predicted molar refractivity (Wildman–Crippen MR) is 86.6 cm³/mol. The van der Waals surface area contributed by atoms with Gasteiger partial charge >= 0.3 is 0 Å². The Hall–Kier alpha value is -1.46. The SMILES string of the molecule is O=c1c2ccccc2[nH]c(=S)n1[C@@H]1[C@H]2CCO[C@H]2C12CCC2. The molecule has 2 saturated carbocycles. The minimum absolute atomic E-state index is 0.0565. The number of fused-ring (bicyclic) bond motifs is 3. The second-order valence-electron chi connectivity index (χ2n) is 6.93. The molecule has 1 spiro atoms. The van der Waals surface area contributed by atoms with Gasteiger partial charge in [-0.15, -0.1) is 0 Å². The van der Waals surface area contributed by atoms with Gasteiger partial charge in [0.05, 0.1) is 23.0 Å². The van der Waals surface area contributed by atoms with Crippen LogP contribution in [0.3, 0.4) is 0 Å². The zero-order chi connectivity index (χ0) is 14.9. The van der Waals surface area contributed by atoms with Crippen LogP contribution in [0, 0.1) is 16.1 Å². The van der Waals surface area contributed by atoms with Gasteiger partial charge < -0.3 is 9.72 Å². The Morgan fingerprint density at radius 3 is 2.91 bits per heavy atom. The molecule has 2 aromatic rings. The number of para-hydroxylation sites is 1. The van der Waals surface area contributed by atoms with Crippen LogP contribution >= 0.6 is 12.2 Å². The van der Waals surface area contributed by atoms with Crippen molar-refractivity contribution in [3.8, 4) is 0 Å². The summed E-state index contributed by atoms with van der Waals surface area (Å²) < 4.78 is 8.40. The van der Waals surface area contributed by atoms with Crippen molar-refractivity contribution in [3.63, 3.8) is 0 Å². The van der Waals surface area contributed by atoms with Crippen LogP contribution in [0.25, 0.3) is 10.9 Å². The molecule has 1 N–H and O–H groups in total. The number of rotatable bonds is 1. The van der Waals surface area contributed by atoms with Crippen LogP contribution in [0.4, 0.5) is 0 Å². The molecular weight excluding hydrogens is 296 g/mol. The summed E-state index contributed by atoms with van der Waals surface area (Å²) in [5.74, 6) is 0.453. The fourth-order valence-corrected chi connectivity index (χ4v) is 5.35. The molecule has 1 aliphatic heterocycles. The number of hydrogen-bond acceptors (Lipinski definition) is 3. The van der Waals surface area contributed by atoms with Gasteiger partial charge in [-0.2, -0.15) is 0 Å². The maximum absolute atomic E-state index is 13.0. The van der Waals surface area contributed by atoms with Crippen LogP contribution in [-0.4, -0.2) is 22.3 Å². The summed E-state index contributed by atoms with van der Waals surface area (Å²) in [6.45, 7) is 0.826. The van der Waals surface area contributed by atoms with Crippen molar-refractivity contribution in [1.82, 2.24) is 9.55 Å². The topological polar surface area (TPSA) is 47.0 Å². The Balaban J connectivity index is 1.74. The molecule has 5 heteroatoms. The van der Waals surface area contributed by atoms with E-state index in [0.717, 1.165) is 36.8 Å². The van der Waals surface area contributed by atoms with E-state index in [2.05, 4.69) is 4.98 Å². The first-order chi connectivity index (χ1) is 10.7. The molecule has 0 unspecified atom stereocenters. The van der Waals surface area contributed by atoms with E-state index in [1.807, 2.05) is 28.8 Å². The van der Waals surface area contributed by atoms with Crippen LogP contribution in [0.2, 0.25) is 0 Å². The molecule has 22 heavy (non-hydrogen) atoms. The Morgan fingerprint density at radius 2 is 2.14 bits per heavy atom. The number of nitrogens with zero attached hydrogens (tertiary/aromatic N) is 1. The number of hydrogen-bond donors (Lipinski definition) is 1. The third-order valence-corrected chi connectivity index (χ3v) is 6.40. The lowest BCUT2D eigenvalue weighted by molar-refractivity contribution is -0.193. The molecular formula is C17H18N2O2S. The summed E-state index contributed by atoms with van der Waals surface area (Å²) in [6, 6.07) is 7.85. The highest BCUT2D eigenvalue weighted by Gasteiger charge is 2.67. The van der Waals surface area contributed by atoms with Gasteiger partial charge in [0.1, 0.15) is 0 Å². The molecule has 1 saturated heterocycles. The van der Waals surface area contributed by atoms with Crippen molar-refractivity contribution >= 4 is 23.1 Å². The number of aromatic amines is 1. The molecule has 2 heterocycles. The third kappa shape index (κ3) is 1.41. The van der Waals surface area contributed by atoms with E-state index in [9.17, 15) is 4.79 Å². The molecule has 1 aromatic carbocycles.